The van der Waals surface area contributed by atoms with Crippen LogP contribution in [0.3, 0.4) is 0 Å². The summed E-state index contributed by atoms with van der Waals surface area (Å²) in [5, 5.41) is 22.6. The standard InChI is InChI=1S/C10H11NO2/c12-7-3-4-8(13)10-6-2-1-5(11-6)9(7)10/h3-6,11-13H,1-2H2. The molecule has 0 spiro atoms. The molecule has 13 heavy (non-hydrogen) atoms. The van der Waals surface area contributed by atoms with Gasteiger partial charge in [0.05, 0.1) is 0 Å². The zero-order valence-electron chi connectivity index (χ0n) is 7.12. The number of hydrogen-bond donors (Lipinski definition) is 3. The Morgan fingerprint density at radius 3 is 1.92 bits per heavy atom. The van der Waals surface area contributed by atoms with Crippen molar-refractivity contribution in [1.82, 2.24) is 5.32 Å². The Kier molecular flexibility index (Phi) is 1.21. The van der Waals surface area contributed by atoms with E-state index in [1.807, 2.05) is 0 Å². The van der Waals surface area contributed by atoms with E-state index in [2.05, 4.69) is 5.32 Å². The molecule has 0 radical (unpaired) electrons. The first-order valence-electron chi connectivity index (χ1n) is 4.58. The lowest BCUT2D eigenvalue weighted by atomic mass is 9.90. The lowest BCUT2D eigenvalue weighted by Crippen LogP contribution is -2.06. The number of benzene rings is 1. The second-order valence-electron chi connectivity index (χ2n) is 3.78. The normalized spacial score (nSPS) is 29.2. The molecule has 3 nitrogen and oxygen atoms in total. The minimum Gasteiger partial charge on any atom is -0.508 e. The minimum absolute atomic E-state index is 0.257. The smallest absolute Gasteiger partial charge is 0.120 e. The van der Waals surface area contributed by atoms with Crippen molar-refractivity contribution in [3.63, 3.8) is 0 Å². The second-order valence-corrected chi connectivity index (χ2v) is 3.78. The first-order valence-corrected chi connectivity index (χ1v) is 4.58. The number of fused-ring (bicyclic) bond motifs is 5. The third kappa shape index (κ3) is 0.773. The average Bonchev–Trinajstić information content (AvgIpc) is 2.70. The number of hydrogen-bond acceptors (Lipinski definition) is 3. The molecule has 3 heteroatoms. The maximum atomic E-state index is 9.63. The van der Waals surface area contributed by atoms with E-state index in [0.717, 1.165) is 24.0 Å². The van der Waals surface area contributed by atoms with Gasteiger partial charge in [0.25, 0.3) is 0 Å². The Bertz CT molecular complexity index is 340. The van der Waals surface area contributed by atoms with Crippen molar-refractivity contribution in [3.05, 3.63) is 23.3 Å². The van der Waals surface area contributed by atoms with Gasteiger partial charge in [0, 0.05) is 23.2 Å². The number of phenols is 2. The minimum atomic E-state index is 0.257. The zero-order valence-corrected chi connectivity index (χ0v) is 7.12. The van der Waals surface area contributed by atoms with E-state index in [4.69, 9.17) is 0 Å². The van der Waals surface area contributed by atoms with Gasteiger partial charge in [-0.2, -0.15) is 0 Å². The van der Waals surface area contributed by atoms with E-state index in [0.29, 0.717) is 11.5 Å². The maximum Gasteiger partial charge on any atom is 0.120 e. The topological polar surface area (TPSA) is 52.5 Å². The highest BCUT2D eigenvalue weighted by Gasteiger charge is 2.39. The highest BCUT2D eigenvalue weighted by Crippen LogP contribution is 2.51. The summed E-state index contributed by atoms with van der Waals surface area (Å²) < 4.78 is 0. The van der Waals surface area contributed by atoms with E-state index < -0.39 is 0 Å². The summed E-state index contributed by atoms with van der Waals surface area (Å²) >= 11 is 0. The van der Waals surface area contributed by atoms with Crippen LogP contribution in [0.4, 0.5) is 0 Å². The molecule has 0 saturated carbocycles. The SMILES string of the molecule is Oc1ccc(O)c2c1C1CCC2N1. The van der Waals surface area contributed by atoms with Gasteiger partial charge >= 0.3 is 0 Å². The van der Waals surface area contributed by atoms with Crippen molar-refractivity contribution in [2.45, 2.75) is 24.9 Å². The molecule has 0 amide bonds. The van der Waals surface area contributed by atoms with E-state index in [9.17, 15) is 10.2 Å². The Hall–Kier alpha value is -1.22. The first-order chi connectivity index (χ1) is 6.27. The fraction of sp³-hybridized carbons (Fsp3) is 0.400. The average molecular weight is 177 g/mol. The lowest BCUT2D eigenvalue weighted by Gasteiger charge is -2.15. The highest BCUT2D eigenvalue weighted by atomic mass is 16.3. The monoisotopic (exact) mass is 177 g/mol. The molecule has 2 unspecified atom stereocenters. The molecule has 3 rings (SSSR count). The van der Waals surface area contributed by atoms with E-state index >= 15 is 0 Å². The first kappa shape index (κ1) is 7.21. The quantitative estimate of drug-likeness (QED) is 0.527. The van der Waals surface area contributed by atoms with Gasteiger partial charge in [-0.3, -0.25) is 0 Å². The van der Waals surface area contributed by atoms with Crippen LogP contribution >= 0.6 is 0 Å². The fourth-order valence-electron chi connectivity index (χ4n) is 2.54. The zero-order chi connectivity index (χ0) is 9.00. The third-order valence-corrected chi connectivity index (χ3v) is 3.08. The molecule has 0 aromatic heterocycles. The Balaban J connectivity index is 2.30. The van der Waals surface area contributed by atoms with Gasteiger partial charge < -0.3 is 15.5 Å². The third-order valence-electron chi connectivity index (χ3n) is 3.08. The summed E-state index contributed by atoms with van der Waals surface area (Å²) in [4.78, 5) is 0. The van der Waals surface area contributed by atoms with Crippen LogP contribution in [0, 0.1) is 0 Å². The van der Waals surface area contributed by atoms with Crippen LogP contribution in [0.2, 0.25) is 0 Å². The Morgan fingerprint density at radius 1 is 1.00 bits per heavy atom. The van der Waals surface area contributed by atoms with Crippen LogP contribution in [0.15, 0.2) is 12.1 Å². The molecular weight excluding hydrogens is 166 g/mol. The second kappa shape index (κ2) is 2.17. The maximum absolute atomic E-state index is 9.63. The molecule has 2 aliphatic heterocycles. The largest absolute Gasteiger partial charge is 0.508 e. The number of nitrogens with one attached hydrogen (secondary N) is 1. The van der Waals surface area contributed by atoms with Crippen LogP contribution in [-0.4, -0.2) is 10.2 Å². The van der Waals surface area contributed by atoms with Gasteiger partial charge in [-0.15, -0.1) is 0 Å². The van der Waals surface area contributed by atoms with E-state index in [-0.39, 0.29) is 12.1 Å². The molecule has 2 aliphatic rings. The van der Waals surface area contributed by atoms with Gasteiger partial charge in [0.2, 0.25) is 0 Å². The number of phenolic OH excluding ortho intramolecular Hbond substituents is 2. The van der Waals surface area contributed by atoms with Crippen LogP contribution in [-0.2, 0) is 0 Å². The summed E-state index contributed by atoms with van der Waals surface area (Å²) in [7, 11) is 0. The van der Waals surface area contributed by atoms with Gasteiger partial charge in [-0.05, 0) is 25.0 Å². The summed E-state index contributed by atoms with van der Waals surface area (Å²) in [5.74, 6) is 0.625. The fourth-order valence-corrected chi connectivity index (χ4v) is 2.54. The molecule has 1 fully saturated rings. The van der Waals surface area contributed by atoms with E-state index in [1.54, 1.807) is 12.1 Å². The summed E-state index contributed by atoms with van der Waals surface area (Å²) in [6.45, 7) is 0. The van der Waals surface area contributed by atoms with Gasteiger partial charge in [0.1, 0.15) is 11.5 Å². The van der Waals surface area contributed by atoms with Crippen LogP contribution in [0.25, 0.3) is 0 Å². The molecular formula is C10H11NO2. The van der Waals surface area contributed by atoms with Crippen molar-refractivity contribution in [2.24, 2.45) is 0 Å². The molecule has 3 N–H and O–H groups in total. The van der Waals surface area contributed by atoms with Crippen LogP contribution in [0.1, 0.15) is 36.1 Å². The summed E-state index contributed by atoms with van der Waals surface area (Å²) in [5.41, 5.74) is 1.83. The number of aromatic hydroxyl groups is 2. The lowest BCUT2D eigenvalue weighted by molar-refractivity contribution is 0.442. The predicted octanol–water partition coefficient (Wildman–Crippen LogP) is 1.58. The molecule has 1 aromatic carbocycles. The van der Waals surface area contributed by atoms with Crippen molar-refractivity contribution in [1.29, 1.82) is 0 Å². The van der Waals surface area contributed by atoms with Gasteiger partial charge in [0.15, 0.2) is 0 Å². The highest BCUT2D eigenvalue weighted by molar-refractivity contribution is 5.54. The van der Waals surface area contributed by atoms with Gasteiger partial charge in [-0.1, -0.05) is 0 Å². The molecule has 68 valence electrons. The van der Waals surface area contributed by atoms with Crippen molar-refractivity contribution in [3.8, 4) is 11.5 Å². The summed E-state index contributed by atoms with van der Waals surface area (Å²) in [6, 6.07) is 3.65. The summed E-state index contributed by atoms with van der Waals surface area (Å²) in [6.07, 6.45) is 2.13. The van der Waals surface area contributed by atoms with Crippen LogP contribution in [0.5, 0.6) is 11.5 Å². The predicted molar refractivity (Wildman–Crippen MR) is 47.6 cm³/mol. The van der Waals surface area contributed by atoms with Gasteiger partial charge in [-0.25, -0.2) is 0 Å². The van der Waals surface area contributed by atoms with E-state index in [1.165, 1.54) is 0 Å². The van der Waals surface area contributed by atoms with Crippen molar-refractivity contribution < 1.29 is 10.2 Å². The van der Waals surface area contributed by atoms with Crippen molar-refractivity contribution in [2.75, 3.05) is 0 Å². The molecule has 0 aliphatic carbocycles. The number of rotatable bonds is 0. The van der Waals surface area contributed by atoms with Crippen LogP contribution < -0.4 is 5.32 Å². The van der Waals surface area contributed by atoms with Crippen molar-refractivity contribution >= 4 is 0 Å². The molecule has 1 aromatic rings. The Labute approximate surface area is 76.0 Å². The molecule has 2 atom stereocenters. The molecule has 1 saturated heterocycles. The molecule has 2 bridgehead atoms. The molecule has 2 heterocycles. The Morgan fingerprint density at radius 2 is 1.46 bits per heavy atom.